The first-order chi connectivity index (χ1) is 15.4. The molecule has 32 heavy (non-hydrogen) atoms. The van der Waals surface area contributed by atoms with Gasteiger partial charge in [0.25, 0.3) is 11.8 Å². The van der Waals surface area contributed by atoms with Gasteiger partial charge in [0.15, 0.2) is 6.61 Å². The van der Waals surface area contributed by atoms with Crippen LogP contribution >= 0.6 is 15.9 Å². The first-order valence-electron chi connectivity index (χ1n) is 10.6. The number of anilines is 1. The molecule has 0 fully saturated rings. The van der Waals surface area contributed by atoms with Crippen molar-refractivity contribution in [2.24, 2.45) is 0 Å². The predicted octanol–water partition coefficient (Wildman–Crippen LogP) is 5.28. The molecule has 0 unspecified atom stereocenters. The van der Waals surface area contributed by atoms with E-state index >= 15 is 0 Å². The summed E-state index contributed by atoms with van der Waals surface area (Å²) in [6, 6.07) is 19.2. The number of halogens is 1. The second kappa shape index (κ2) is 9.57. The zero-order valence-corrected chi connectivity index (χ0v) is 19.7. The van der Waals surface area contributed by atoms with Gasteiger partial charge in [-0.2, -0.15) is 0 Å². The van der Waals surface area contributed by atoms with Crippen molar-refractivity contribution in [1.29, 1.82) is 0 Å². The van der Waals surface area contributed by atoms with Crippen LogP contribution in [0.3, 0.4) is 0 Å². The maximum Gasteiger partial charge on any atom is 0.262 e. The van der Waals surface area contributed by atoms with E-state index in [-0.39, 0.29) is 18.4 Å². The van der Waals surface area contributed by atoms with E-state index < -0.39 is 0 Å². The minimum atomic E-state index is -0.227. The van der Waals surface area contributed by atoms with Gasteiger partial charge in [0.05, 0.1) is 0 Å². The van der Waals surface area contributed by atoms with Crippen molar-refractivity contribution in [2.75, 3.05) is 18.5 Å². The molecular weight excluding hydrogens is 468 g/mol. The molecule has 0 saturated carbocycles. The predicted molar refractivity (Wildman–Crippen MR) is 129 cm³/mol. The number of aryl methyl sites for hydroxylation is 1. The monoisotopic (exact) mass is 492 g/mol. The van der Waals surface area contributed by atoms with Crippen LogP contribution in [0, 0.1) is 13.8 Å². The van der Waals surface area contributed by atoms with E-state index in [1.54, 1.807) is 6.07 Å². The molecule has 1 heterocycles. The Hall–Kier alpha value is -3.12. The van der Waals surface area contributed by atoms with Crippen LogP contribution in [0.1, 0.15) is 32.6 Å². The van der Waals surface area contributed by atoms with Gasteiger partial charge in [-0.05, 0) is 67.3 Å². The average Bonchev–Trinajstić information content (AvgIpc) is 2.79. The number of nitrogens with zero attached hydrogens (tertiary/aromatic N) is 1. The molecule has 0 bridgehead atoms. The lowest BCUT2D eigenvalue weighted by molar-refractivity contribution is -0.118. The summed E-state index contributed by atoms with van der Waals surface area (Å²) in [5, 5.41) is 2.91. The summed E-state index contributed by atoms with van der Waals surface area (Å²) < 4.78 is 6.85. The van der Waals surface area contributed by atoms with Gasteiger partial charge in [0.2, 0.25) is 0 Å². The molecule has 1 N–H and O–H groups in total. The number of carbonyl (C=O) groups excluding carboxylic acids is 2. The van der Waals surface area contributed by atoms with E-state index in [9.17, 15) is 9.59 Å². The van der Waals surface area contributed by atoms with Crippen molar-refractivity contribution >= 4 is 33.4 Å². The average molecular weight is 493 g/mol. The van der Waals surface area contributed by atoms with Gasteiger partial charge in [0, 0.05) is 34.4 Å². The number of hydrogen-bond acceptors (Lipinski definition) is 3. The van der Waals surface area contributed by atoms with E-state index in [1.807, 2.05) is 73.3 Å². The second-order valence-corrected chi connectivity index (χ2v) is 8.89. The second-order valence-electron chi connectivity index (χ2n) is 7.97. The van der Waals surface area contributed by atoms with Crippen molar-refractivity contribution in [3.8, 4) is 5.75 Å². The quantitative estimate of drug-likeness (QED) is 0.508. The van der Waals surface area contributed by atoms with E-state index in [4.69, 9.17) is 4.74 Å². The highest BCUT2D eigenvalue weighted by Crippen LogP contribution is 2.29. The maximum atomic E-state index is 13.1. The summed E-state index contributed by atoms with van der Waals surface area (Å²) in [5.74, 6) is 0.352. The van der Waals surface area contributed by atoms with Crippen LogP contribution in [0.5, 0.6) is 5.75 Å². The number of hydrogen-bond donors (Lipinski definition) is 1. The first kappa shape index (κ1) is 22.1. The zero-order chi connectivity index (χ0) is 22.7. The Balaban J connectivity index is 1.42. The van der Waals surface area contributed by atoms with E-state index in [2.05, 4.69) is 21.2 Å². The summed E-state index contributed by atoms with van der Waals surface area (Å²) >= 11 is 3.44. The Morgan fingerprint density at radius 3 is 2.59 bits per heavy atom. The van der Waals surface area contributed by atoms with Crippen molar-refractivity contribution in [3.05, 3.63) is 93.0 Å². The molecule has 4 rings (SSSR count). The molecule has 0 aliphatic carbocycles. The van der Waals surface area contributed by atoms with Crippen LogP contribution in [-0.2, 0) is 17.8 Å². The summed E-state index contributed by atoms with van der Waals surface area (Å²) in [4.78, 5) is 27.4. The number of ether oxygens (including phenoxy) is 1. The fraction of sp³-hybridized carbons (Fsp3) is 0.231. The van der Waals surface area contributed by atoms with E-state index in [1.165, 1.54) is 0 Å². The molecule has 6 heteroatoms. The topological polar surface area (TPSA) is 58.6 Å². The highest BCUT2D eigenvalue weighted by molar-refractivity contribution is 9.10. The standard InChI is InChI=1S/C26H25BrN2O3/c1-17-5-3-7-23(18(17)2)28-25(30)16-32-24-8-4-6-22-21(24)13-14-29(26(22)31)15-19-9-11-20(27)12-10-19/h3-12H,13-16H2,1-2H3,(H,28,30). The minimum Gasteiger partial charge on any atom is -0.483 e. The van der Waals surface area contributed by atoms with Crippen LogP contribution in [0.2, 0.25) is 0 Å². The number of nitrogens with one attached hydrogen (secondary N) is 1. The normalized spacial score (nSPS) is 13.0. The van der Waals surface area contributed by atoms with E-state index in [0.717, 1.165) is 32.4 Å². The number of fused-ring (bicyclic) bond motifs is 1. The molecule has 0 spiro atoms. The van der Waals surface area contributed by atoms with Crippen molar-refractivity contribution in [2.45, 2.75) is 26.8 Å². The number of benzene rings is 3. The van der Waals surface area contributed by atoms with Gasteiger partial charge in [0.1, 0.15) is 5.75 Å². The molecule has 5 nitrogen and oxygen atoms in total. The first-order valence-corrected chi connectivity index (χ1v) is 11.4. The zero-order valence-electron chi connectivity index (χ0n) is 18.2. The lowest BCUT2D eigenvalue weighted by Gasteiger charge is -2.29. The van der Waals surface area contributed by atoms with Crippen LogP contribution in [0.4, 0.5) is 5.69 Å². The minimum absolute atomic E-state index is 0.0144. The van der Waals surface area contributed by atoms with Crippen LogP contribution in [-0.4, -0.2) is 29.9 Å². The molecule has 0 atom stereocenters. The summed E-state index contributed by atoms with van der Waals surface area (Å²) in [6.07, 6.45) is 0.687. The van der Waals surface area contributed by atoms with Crippen LogP contribution < -0.4 is 10.1 Å². The maximum absolute atomic E-state index is 13.1. The van der Waals surface area contributed by atoms with E-state index in [0.29, 0.717) is 30.8 Å². The Kier molecular flexibility index (Phi) is 6.61. The Morgan fingerprint density at radius 1 is 1.06 bits per heavy atom. The molecule has 1 aliphatic heterocycles. The third-order valence-corrected chi connectivity index (χ3v) is 6.34. The fourth-order valence-corrected chi connectivity index (χ4v) is 4.12. The lowest BCUT2D eigenvalue weighted by atomic mass is 9.97. The largest absolute Gasteiger partial charge is 0.483 e. The Bertz CT molecular complexity index is 1160. The Morgan fingerprint density at radius 2 is 1.81 bits per heavy atom. The Labute approximate surface area is 196 Å². The lowest BCUT2D eigenvalue weighted by Crippen LogP contribution is -2.37. The molecule has 3 aromatic carbocycles. The molecular formula is C26H25BrN2O3. The van der Waals surface area contributed by atoms with Crippen LogP contribution in [0.15, 0.2) is 65.1 Å². The molecule has 0 saturated heterocycles. The van der Waals surface area contributed by atoms with Gasteiger partial charge in [-0.25, -0.2) is 0 Å². The summed E-state index contributed by atoms with van der Waals surface area (Å²) in [6.45, 7) is 5.05. The molecule has 164 valence electrons. The van der Waals surface area contributed by atoms with Crippen molar-refractivity contribution < 1.29 is 14.3 Å². The summed E-state index contributed by atoms with van der Waals surface area (Å²) in [7, 11) is 0. The molecule has 2 amide bonds. The number of rotatable bonds is 6. The highest BCUT2D eigenvalue weighted by Gasteiger charge is 2.27. The molecule has 1 aliphatic rings. The van der Waals surface area contributed by atoms with Gasteiger partial charge in [-0.3, -0.25) is 9.59 Å². The number of carbonyl (C=O) groups is 2. The van der Waals surface area contributed by atoms with Gasteiger partial charge in [-0.15, -0.1) is 0 Å². The summed E-state index contributed by atoms with van der Waals surface area (Å²) in [5.41, 5.74) is 5.53. The molecule has 3 aromatic rings. The third kappa shape index (κ3) is 4.86. The van der Waals surface area contributed by atoms with Gasteiger partial charge >= 0.3 is 0 Å². The number of amides is 2. The fourth-order valence-electron chi connectivity index (χ4n) is 3.85. The highest BCUT2D eigenvalue weighted by atomic mass is 79.9. The third-order valence-electron chi connectivity index (χ3n) is 5.81. The van der Waals surface area contributed by atoms with Crippen LogP contribution in [0.25, 0.3) is 0 Å². The smallest absolute Gasteiger partial charge is 0.262 e. The molecule has 0 radical (unpaired) electrons. The SMILES string of the molecule is Cc1cccc(NC(=O)COc2cccc3c2CCN(Cc2ccc(Br)cc2)C3=O)c1C. The van der Waals surface area contributed by atoms with Gasteiger partial charge in [-0.1, -0.05) is 46.3 Å². The van der Waals surface area contributed by atoms with Gasteiger partial charge < -0.3 is 15.0 Å². The molecule has 0 aromatic heterocycles. The van der Waals surface area contributed by atoms with Crippen molar-refractivity contribution in [3.63, 3.8) is 0 Å². The van der Waals surface area contributed by atoms with Crippen molar-refractivity contribution in [1.82, 2.24) is 4.90 Å².